The molecule has 1 N–H and O–H groups in total. The number of allylic oxidation sites excluding steroid dienone is 1. The van der Waals surface area contributed by atoms with Crippen LogP contribution in [0.5, 0.6) is 0 Å². The molecule has 1 unspecified atom stereocenters. The number of ketones is 1. The minimum Gasteiger partial charge on any atom is -0.303 e. The number of nitrogens with one attached hydrogen (secondary N) is 1. The van der Waals surface area contributed by atoms with Crippen LogP contribution in [0.1, 0.15) is 43.2 Å². The van der Waals surface area contributed by atoms with E-state index in [1.54, 1.807) is 0 Å². The van der Waals surface area contributed by atoms with Gasteiger partial charge in [0.2, 0.25) is 0 Å². The summed E-state index contributed by atoms with van der Waals surface area (Å²) in [7, 11) is 0. The highest BCUT2D eigenvalue weighted by Gasteiger charge is 2.22. The Morgan fingerprint density at radius 1 is 1.26 bits per heavy atom. The fourth-order valence-electron chi connectivity index (χ4n) is 2.62. The topological polar surface area (TPSA) is 29.1 Å². The number of rotatable bonds is 7. The highest BCUT2D eigenvalue weighted by atomic mass is 16.1. The van der Waals surface area contributed by atoms with Crippen molar-refractivity contribution < 1.29 is 4.79 Å². The second-order valence-electron chi connectivity index (χ2n) is 5.26. The van der Waals surface area contributed by atoms with Crippen molar-refractivity contribution in [3.05, 3.63) is 48.0 Å². The van der Waals surface area contributed by atoms with E-state index in [1.807, 2.05) is 6.08 Å². The van der Waals surface area contributed by atoms with E-state index in [0.29, 0.717) is 12.2 Å². The lowest BCUT2D eigenvalue weighted by Crippen LogP contribution is -2.41. The lowest BCUT2D eigenvalue weighted by atomic mass is 9.92. The number of hydrogen-bond acceptors (Lipinski definition) is 2. The molecule has 1 aromatic rings. The van der Waals surface area contributed by atoms with Gasteiger partial charge in [0.15, 0.2) is 0 Å². The van der Waals surface area contributed by atoms with Crippen LogP contribution in [0.25, 0.3) is 0 Å². The molecule has 0 radical (unpaired) electrons. The Balaban J connectivity index is 1.77. The maximum atomic E-state index is 12.2. The van der Waals surface area contributed by atoms with E-state index in [2.05, 4.69) is 36.2 Å². The van der Waals surface area contributed by atoms with Gasteiger partial charge in [-0.2, -0.15) is 0 Å². The van der Waals surface area contributed by atoms with Gasteiger partial charge in [-0.05, 0) is 36.8 Å². The third-order valence-electron chi connectivity index (χ3n) is 3.80. The maximum absolute atomic E-state index is 12.2. The Labute approximate surface area is 115 Å². The van der Waals surface area contributed by atoms with Gasteiger partial charge in [0.25, 0.3) is 0 Å². The monoisotopic (exact) mass is 257 g/mol. The standard InChI is InChI=1S/C17H23NO/c1-2-3-4-5-6-11-17(19)16-12-14-9-7-8-10-15(14)13-18-16/h2,7-10,16,18H,1,3-6,11-13H2. The van der Waals surface area contributed by atoms with E-state index >= 15 is 0 Å². The summed E-state index contributed by atoms with van der Waals surface area (Å²) in [6.45, 7) is 4.53. The zero-order chi connectivity index (χ0) is 13.5. The van der Waals surface area contributed by atoms with E-state index in [0.717, 1.165) is 38.6 Å². The number of benzene rings is 1. The van der Waals surface area contributed by atoms with E-state index in [1.165, 1.54) is 11.1 Å². The molecule has 0 bridgehead atoms. The number of carbonyl (C=O) groups is 1. The molecule has 2 nitrogen and oxygen atoms in total. The normalized spacial score (nSPS) is 17.8. The molecule has 0 saturated carbocycles. The molecule has 0 amide bonds. The van der Waals surface area contributed by atoms with E-state index < -0.39 is 0 Å². The van der Waals surface area contributed by atoms with Crippen molar-refractivity contribution in [3.63, 3.8) is 0 Å². The van der Waals surface area contributed by atoms with Gasteiger partial charge in [-0.3, -0.25) is 4.79 Å². The molecule has 2 heteroatoms. The maximum Gasteiger partial charge on any atom is 0.150 e. The Morgan fingerprint density at radius 2 is 2.05 bits per heavy atom. The number of unbranched alkanes of at least 4 members (excludes halogenated alkanes) is 3. The fraction of sp³-hybridized carbons (Fsp3) is 0.471. The fourth-order valence-corrected chi connectivity index (χ4v) is 2.62. The van der Waals surface area contributed by atoms with E-state index in [4.69, 9.17) is 0 Å². The second-order valence-corrected chi connectivity index (χ2v) is 5.26. The summed E-state index contributed by atoms with van der Waals surface area (Å²) in [4.78, 5) is 12.2. The SMILES string of the molecule is C=CCCCCCC(=O)C1Cc2ccccc2CN1. The van der Waals surface area contributed by atoms with Crippen molar-refractivity contribution in [2.24, 2.45) is 0 Å². The highest BCUT2D eigenvalue weighted by molar-refractivity contribution is 5.84. The van der Waals surface area contributed by atoms with Crippen LogP contribution in [0.2, 0.25) is 0 Å². The van der Waals surface area contributed by atoms with Crippen LogP contribution in [0.15, 0.2) is 36.9 Å². The predicted octanol–water partition coefficient (Wildman–Crippen LogP) is 3.41. The number of carbonyl (C=O) groups excluding carboxylic acids is 1. The van der Waals surface area contributed by atoms with Crippen LogP contribution in [-0.2, 0) is 17.8 Å². The van der Waals surface area contributed by atoms with Gasteiger partial charge < -0.3 is 5.32 Å². The molecule has 0 aliphatic carbocycles. The third-order valence-corrected chi connectivity index (χ3v) is 3.80. The first kappa shape index (κ1) is 14.0. The molecule has 2 rings (SSSR count). The summed E-state index contributed by atoms with van der Waals surface area (Å²) in [6.07, 6.45) is 7.84. The van der Waals surface area contributed by atoms with Gasteiger partial charge in [0, 0.05) is 13.0 Å². The third kappa shape index (κ3) is 4.03. The molecule has 1 aromatic carbocycles. The quantitative estimate of drug-likeness (QED) is 0.599. The van der Waals surface area contributed by atoms with Crippen molar-refractivity contribution in [2.45, 2.75) is 51.1 Å². The average Bonchev–Trinajstić information content (AvgIpc) is 2.46. The number of Topliss-reactive ketones (excluding diaryl/α,β-unsaturated/α-hetero) is 1. The number of fused-ring (bicyclic) bond motifs is 1. The largest absolute Gasteiger partial charge is 0.303 e. The molecule has 0 fully saturated rings. The Morgan fingerprint density at radius 3 is 2.84 bits per heavy atom. The molecule has 1 heterocycles. The molecule has 19 heavy (non-hydrogen) atoms. The smallest absolute Gasteiger partial charge is 0.150 e. The van der Waals surface area contributed by atoms with Crippen molar-refractivity contribution >= 4 is 5.78 Å². The number of hydrogen-bond donors (Lipinski definition) is 1. The minimum atomic E-state index is 0.0225. The van der Waals surface area contributed by atoms with Gasteiger partial charge in [0.1, 0.15) is 5.78 Å². The molecule has 1 atom stereocenters. The van der Waals surface area contributed by atoms with E-state index in [9.17, 15) is 4.79 Å². The minimum absolute atomic E-state index is 0.0225. The Hall–Kier alpha value is -1.41. The van der Waals surface area contributed by atoms with Gasteiger partial charge in [-0.25, -0.2) is 0 Å². The molecule has 0 saturated heterocycles. The lowest BCUT2D eigenvalue weighted by Gasteiger charge is -2.25. The van der Waals surface area contributed by atoms with Gasteiger partial charge in [0.05, 0.1) is 6.04 Å². The van der Waals surface area contributed by atoms with Crippen molar-refractivity contribution in [1.29, 1.82) is 0 Å². The Bertz CT molecular complexity index is 439. The van der Waals surface area contributed by atoms with Crippen LogP contribution in [0, 0.1) is 0 Å². The van der Waals surface area contributed by atoms with Crippen LogP contribution < -0.4 is 5.32 Å². The molecule has 0 spiro atoms. The summed E-state index contributed by atoms with van der Waals surface area (Å²) < 4.78 is 0. The zero-order valence-electron chi connectivity index (χ0n) is 11.5. The average molecular weight is 257 g/mol. The van der Waals surface area contributed by atoms with Gasteiger partial charge in [-0.1, -0.05) is 36.8 Å². The first-order chi connectivity index (χ1) is 9.31. The summed E-state index contributed by atoms with van der Waals surface area (Å²) in [5.74, 6) is 0.369. The van der Waals surface area contributed by atoms with Crippen LogP contribution in [0.3, 0.4) is 0 Å². The van der Waals surface area contributed by atoms with Gasteiger partial charge in [-0.15, -0.1) is 6.58 Å². The molecule has 1 aliphatic rings. The highest BCUT2D eigenvalue weighted by Crippen LogP contribution is 2.18. The molecule has 1 aliphatic heterocycles. The summed E-state index contributed by atoms with van der Waals surface area (Å²) in [6, 6.07) is 8.41. The van der Waals surface area contributed by atoms with Crippen LogP contribution in [0.4, 0.5) is 0 Å². The first-order valence-corrected chi connectivity index (χ1v) is 7.25. The summed E-state index contributed by atoms with van der Waals surface area (Å²) >= 11 is 0. The predicted molar refractivity (Wildman–Crippen MR) is 79.1 cm³/mol. The van der Waals surface area contributed by atoms with Crippen molar-refractivity contribution in [1.82, 2.24) is 5.32 Å². The summed E-state index contributed by atoms with van der Waals surface area (Å²) in [5.41, 5.74) is 2.66. The van der Waals surface area contributed by atoms with Crippen molar-refractivity contribution in [2.75, 3.05) is 0 Å². The zero-order valence-corrected chi connectivity index (χ0v) is 11.5. The lowest BCUT2D eigenvalue weighted by molar-refractivity contribution is -0.121. The molecular formula is C17H23NO. The molecular weight excluding hydrogens is 234 g/mol. The summed E-state index contributed by atoms with van der Waals surface area (Å²) in [5, 5.41) is 3.36. The van der Waals surface area contributed by atoms with Crippen LogP contribution >= 0.6 is 0 Å². The van der Waals surface area contributed by atoms with E-state index in [-0.39, 0.29) is 6.04 Å². The molecule has 102 valence electrons. The van der Waals surface area contributed by atoms with Crippen LogP contribution in [-0.4, -0.2) is 11.8 Å². The second kappa shape index (κ2) is 7.25. The molecule has 0 aromatic heterocycles. The van der Waals surface area contributed by atoms with Gasteiger partial charge >= 0.3 is 0 Å². The first-order valence-electron chi connectivity index (χ1n) is 7.25. The van der Waals surface area contributed by atoms with Crippen molar-refractivity contribution in [3.8, 4) is 0 Å². The Kier molecular flexibility index (Phi) is 5.34.